The Hall–Kier alpha value is -2.10. The minimum absolute atomic E-state index is 0.0521. The zero-order chi connectivity index (χ0) is 30.1. The highest BCUT2D eigenvalue weighted by atomic mass is 79.9. The molecule has 2 bridgehead atoms. The molecule has 224 valence electrons. The van der Waals surface area contributed by atoms with Crippen LogP contribution in [0.4, 0.5) is 5.69 Å². The number of allylic oxidation sites excluding steroid dienone is 1. The number of benzene rings is 1. The molecule has 0 radical (unpaired) electrons. The van der Waals surface area contributed by atoms with Gasteiger partial charge in [-0.1, -0.05) is 54.1 Å². The fourth-order valence-corrected chi connectivity index (χ4v) is 10.5. The van der Waals surface area contributed by atoms with Gasteiger partial charge in [0.05, 0.1) is 35.8 Å². The van der Waals surface area contributed by atoms with E-state index in [1.807, 2.05) is 45.9 Å². The van der Waals surface area contributed by atoms with Crippen molar-refractivity contribution in [3.63, 3.8) is 0 Å². The maximum Gasteiger partial charge on any atom is 0.310 e. The summed E-state index contributed by atoms with van der Waals surface area (Å²) >= 11 is 5.40. The summed E-state index contributed by atoms with van der Waals surface area (Å²) in [5.41, 5.74) is 2.74. The first kappa shape index (κ1) is 31.8. The summed E-state index contributed by atoms with van der Waals surface area (Å²) in [6.45, 7) is 15.9. The molecule has 4 rings (SSSR count). The highest BCUT2D eigenvalue weighted by molar-refractivity contribution is 9.09. The van der Waals surface area contributed by atoms with Crippen molar-refractivity contribution >= 4 is 51.2 Å². The van der Waals surface area contributed by atoms with E-state index in [9.17, 15) is 19.5 Å². The third-order valence-electron chi connectivity index (χ3n) is 8.61. The molecule has 7 nitrogen and oxygen atoms in total. The fraction of sp³-hybridized carbons (Fsp3) is 0.594. The number of aryl methyl sites for hydroxylation is 2. The van der Waals surface area contributed by atoms with Crippen molar-refractivity contribution < 1.29 is 24.2 Å². The fourth-order valence-electron chi connectivity index (χ4n) is 6.92. The van der Waals surface area contributed by atoms with E-state index in [-0.39, 0.29) is 53.5 Å². The summed E-state index contributed by atoms with van der Waals surface area (Å²) < 4.78 is 4.88. The largest absolute Gasteiger partial charge is 0.465 e. The molecule has 2 amide bonds. The number of likely N-dealkylation sites (tertiary alicyclic amines) is 1. The Balaban J connectivity index is 1.81. The van der Waals surface area contributed by atoms with E-state index >= 15 is 0 Å². The molecular weight excluding hydrogens is 604 g/mol. The lowest BCUT2D eigenvalue weighted by Crippen LogP contribution is -2.58. The Bertz CT molecular complexity index is 1190. The van der Waals surface area contributed by atoms with Crippen molar-refractivity contribution in [3.05, 3.63) is 54.6 Å². The van der Waals surface area contributed by atoms with Gasteiger partial charge in [-0.2, -0.15) is 0 Å². The second kappa shape index (κ2) is 13.0. The summed E-state index contributed by atoms with van der Waals surface area (Å²) in [6.07, 6.45) is 6.00. The number of esters is 1. The van der Waals surface area contributed by atoms with Crippen LogP contribution in [0.25, 0.3) is 0 Å². The van der Waals surface area contributed by atoms with Gasteiger partial charge in [0.15, 0.2) is 0 Å². The predicted molar refractivity (Wildman–Crippen MR) is 168 cm³/mol. The number of carbonyl (C=O) groups excluding carboxylic acids is 3. The normalized spacial score (nSPS) is 29.0. The third-order valence-corrected chi connectivity index (χ3v) is 11.8. The summed E-state index contributed by atoms with van der Waals surface area (Å²) in [5.74, 6) is -1.99. The number of rotatable bonds is 13. The van der Waals surface area contributed by atoms with Crippen molar-refractivity contribution in [3.8, 4) is 0 Å². The molecule has 41 heavy (non-hydrogen) atoms. The summed E-state index contributed by atoms with van der Waals surface area (Å²) in [6, 6.07) is 4.60. The average Bonchev–Trinajstić information content (AvgIpc) is 3.52. The highest BCUT2D eigenvalue weighted by Gasteiger charge is 2.76. The quantitative estimate of drug-likeness (QED) is 0.137. The van der Waals surface area contributed by atoms with Crippen LogP contribution >= 0.6 is 27.7 Å². The lowest BCUT2D eigenvalue weighted by molar-refractivity contribution is -0.154. The van der Waals surface area contributed by atoms with Crippen LogP contribution in [0.15, 0.2) is 43.5 Å². The van der Waals surface area contributed by atoms with E-state index in [4.69, 9.17) is 4.74 Å². The standard InChI is InChI=1S/C32H43BrN2O5S/c1-7-9-10-14-40-31(39)25-26-29(37)35(22(18-36)15-19(3)4)28(32(26)17-23(33)27(25)41-32)30(38)34(13-8-2)24-16-20(5)11-12-21(24)6/h7-8,11-12,16,19,22-23,25-28,36H,1-2,9-10,13-15,17-18H2,3-6H3/t22-,23?,25+,26+,27+,28?,32?/m1/s1. The lowest BCUT2D eigenvalue weighted by atomic mass is 9.71. The average molecular weight is 648 g/mol. The van der Waals surface area contributed by atoms with Crippen LogP contribution < -0.4 is 4.90 Å². The number of amides is 2. The van der Waals surface area contributed by atoms with Gasteiger partial charge in [-0.15, -0.1) is 24.9 Å². The topological polar surface area (TPSA) is 87.1 Å². The molecule has 1 spiro atoms. The number of halogens is 1. The van der Waals surface area contributed by atoms with Gasteiger partial charge in [0.25, 0.3) is 5.91 Å². The molecule has 3 aliphatic rings. The van der Waals surface area contributed by atoms with Crippen LogP contribution in [-0.4, -0.2) is 74.5 Å². The number of carbonyl (C=O) groups is 3. The number of anilines is 1. The molecule has 1 N–H and O–H groups in total. The lowest BCUT2D eigenvalue weighted by Gasteiger charge is -2.40. The highest BCUT2D eigenvalue weighted by Crippen LogP contribution is 2.68. The second-order valence-corrected chi connectivity index (χ2v) is 14.7. The molecule has 1 aromatic carbocycles. The minimum atomic E-state index is -0.843. The molecule has 9 heteroatoms. The van der Waals surface area contributed by atoms with Crippen molar-refractivity contribution in [2.75, 3.05) is 24.7 Å². The van der Waals surface area contributed by atoms with Crippen molar-refractivity contribution in [2.45, 2.75) is 80.3 Å². The Kier molecular flexibility index (Phi) is 10.1. The number of hydrogen-bond acceptors (Lipinski definition) is 6. The molecule has 0 saturated carbocycles. The van der Waals surface area contributed by atoms with Gasteiger partial charge in [0, 0.05) is 22.3 Å². The van der Waals surface area contributed by atoms with Crippen LogP contribution in [0.2, 0.25) is 0 Å². The number of ether oxygens (including phenoxy) is 1. The monoisotopic (exact) mass is 646 g/mol. The number of aliphatic hydroxyl groups excluding tert-OH is 1. The number of hydrogen-bond donors (Lipinski definition) is 1. The first-order chi connectivity index (χ1) is 19.5. The van der Waals surface area contributed by atoms with Crippen LogP contribution in [0, 0.1) is 31.6 Å². The summed E-state index contributed by atoms with van der Waals surface area (Å²) in [4.78, 5) is 46.2. The summed E-state index contributed by atoms with van der Waals surface area (Å²) in [7, 11) is 0. The zero-order valence-corrected chi connectivity index (χ0v) is 27.0. The van der Waals surface area contributed by atoms with Gasteiger partial charge >= 0.3 is 5.97 Å². The van der Waals surface area contributed by atoms with E-state index in [0.717, 1.165) is 23.2 Å². The van der Waals surface area contributed by atoms with Gasteiger partial charge < -0.3 is 19.6 Å². The first-order valence-electron chi connectivity index (χ1n) is 14.5. The SMILES string of the molecule is C=CCCCOC(=O)[C@H]1[C@H]2C(=O)N([C@@H](CO)CC(C)C)C(C(=O)N(CC=C)c3cc(C)ccc3C)C23CC(Br)[C@@H]1S3. The number of thioether (sulfide) groups is 1. The molecule has 0 aromatic heterocycles. The van der Waals surface area contributed by atoms with Gasteiger partial charge in [0.2, 0.25) is 5.91 Å². The molecule has 3 fully saturated rings. The zero-order valence-electron chi connectivity index (χ0n) is 24.6. The molecule has 3 unspecified atom stereocenters. The molecule has 3 aliphatic heterocycles. The molecule has 7 atom stereocenters. The van der Waals surface area contributed by atoms with Crippen LogP contribution in [0.5, 0.6) is 0 Å². The molecule has 3 heterocycles. The van der Waals surface area contributed by atoms with Crippen molar-refractivity contribution in [1.29, 1.82) is 0 Å². The second-order valence-electron chi connectivity index (χ2n) is 12.0. The number of unbranched alkanes of at least 4 members (excludes halogenated alkanes) is 1. The Labute approximate surface area is 256 Å². The van der Waals surface area contributed by atoms with E-state index in [1.165, 1.54) is 0 Å². The van der Waals surface area contributed by atoms with Crippen molar-refractivity contribution in [2.24, 2.45) is 17.8 Å². The summed E-state index contributed by atoms with van der Waals surface area (Å²) in [5, 5.41) is 10.4. The number of nitrogens with zero attached hydrogens (tertiary/aromatic N) is 2. The third kappa shape index (κ3) is 5.78. The number of fused-ring (bicyclic) bond motifs is 1. The van der Waals surface area contributed by atoms with E-state index < -0.39 is 28.7 Å². The minimum Gasteiger partial charge on any atom is -0.465 e. The smallest absolute Gasteiger partial charge is 0.310 e. The Morgan fingerprint density at radius 3 is 2.66 bits per heavy atom. The first-order valence-corrected chi connectivity index (χ1v) is 16.3. The molecule has 3 saturated heterocycles. The number of aliphatic hydroxyl groups is 1. The Morgan fingerprint density at radius 2 is 2.02 bits per heavy atom. The molecular formula is C32H43BrN2O5S. The van der Waals surface area contributed by atoms with Crippen LogP contribution in [0.1, 0.15) is 50.7 Å². The van der Waals surface area contributed by atoms with E-state index in [1.54, 1.807) is 33.7 Å². The van der Waals surface area contributed by atoms with Gasteiger partial charge in [-0.05, 0) is 62.6 Å². The number of alkyl halides is 1. The van der Waals surface area contributed by atoms with Gasteiger partial charge in [-0.3, -0.25) is 14.4 Å². The Morgan fingerprint density at radius 1 is 1.29 bits per heavy atom. The van der Waals surface area contributed by atoms with Gasteiger partial charge in [0.1, 0.15) is 6.04 Å². The van der Waals surface area contributed by atoms with Gasteiger partial charge in [-0.25, -0.2) is 0 Å². The van der Waals surface area contributed by atoms with E-state index in [0.29, 0.717) is 19.3 Å². The van der Waals surface area contributed by atoms with Crippen molar-refractivity contribution in [1.82, 2.24) is 4.90 Å². The van der Waals surface area contributed by atoms with Crippen LogP contribution in [-0.2, 0) is 19.1 Å². The predicted octanol–water partition coefficient (Wildman–Crippen LogP) is 5.20. The molecule has 1 aromatic rings. The molecule has 0 aliphatic carbocycles. The maximum absolute atomic E-state index is 14.9. The van der Waals surface area contributed by atoms with E-state index in [2.05, 4.69) is 29.1 Å². The van der Waals surface area contributed by atoms with Crippen LogP contribution in [0.3, 0.4) is 0 Å². The maximum atomic E-state index is 14.9.